The van der Waals surface area contributed by atoms with Crippen molar-refractivity contribution in [1.29, 1.82) is 0 Å². The van der Waals surface area contributed by atoms with Gasteiger partial charge in [-0.15, -0.1) is 0 Å². The van der Waals surface area contributed by atoms with E-state index < -0.39 is 11.6 Å². The standard InChI is InChI=1S/C19H19N5O2/c1-11-4-6-13(7-5-11)19(3)17(25)24(18(26)23-19)10-14-21-15-12(2)8-9-20-16(15)22-14/h4-9H,10H2,1-3H3,(H,23,26)(H,20,21,22)/t19-/m1/s1. The number of amides is 3. The van der Waals surface area contributed by atoms with Crippen LogP contribution in [0.5, 0.6) is 0 Å². The molecule has 1 fully saturated rings. The van der Waals surface area contributed by atoms with Gasteiger partial charge in [-0.1, -0.05) is 29.8 Å². The predicted molar refractivity (Wildman–Crippen MR) is 96.2 cm³/mol. The van der Waals surface area contributed by atoms with Crippen LogP contribution in [-0.4, -0.2) is 31.8 Å². The molecule has 0 bridgehead atoms. The average Bonchev–Trinajstić information content (AvgIpc) is 3.11. The van der Waals surface area contributed by atoms with Gasteiger partial charge in [-0.05, 0) is 38.0 Å². The number of aryl methyl sites for hydroxylation is 2. The van der Waals surface area contributed by atoms with E-state index in [-0.39, 0.29) is 12.5 Å². The molecule has 3 aromatic rings. The van der Waals surface area contributed by atoms with Gasteiger partial charge in [-0.3, -0.25) is 9.69 Å². The summed E-state index contributed by atoms with van der Waals surface area (Å²) in [6, 6.07) is 9.04. The molecule has 2 N–H and O–H groups in total. The lowest BCUT2D eigenvalue weighted by Gasteiger charge is -2.22. The number of benzene rings is 1. The van der Waals surface area contributed by atoms with Gasteiger partial charge >= 0.3 is 6.03 Å². The van der Waals surface area contributed by atoms with Crippen LogP contribution in [-0.2, 0) is 16.9 Å². The molecule has 2 aromatic heterocycles. The molecule has 0 unspecified atom stereocenters. The molecule has 0 saturated carbocycles. The number of imide groups is 1. The van der Waals surface area contributed by atoms with Crippen molar-refractivity contribution >= 4 is 23.1 Å². The molecular formula is C19H19N5O2. The summed E-state index contributed by atoms with van der Waals surface area (Å²) >= 11 is 0. The fourth-order valence-corrected chi connectivity index (χ4v) is 3.23. The van der Waals surface area contributed by atoms with Crippen LogP contribution >= 0.6 is 0 Å². The zero-order valence-corrected chi connectivity index (χ0v) is 14.8. The van der Waals surface area contributed by atoms with Gasteiger partial charge < -0.3 is 10.3 Å². The summed E-state index contributed by atoms with van der Waals surface area (Å²) in [5.41, 5.74) is 3.17. The molecule has 0 spiro atoms. The highest BCUT2D eigenvalue weighted by Crippen LogP contribution is 2.30. The second kappa shape index (κ2) is 5.66. The number of hydrogen-bond acceptors (Lipinski definition) is 4. The van der Waals surface area contributed by atoms with Crippen molar-refractivity contribution in [3.63, 3.8) is 0 Å². The molecule has 1 atom stereocenters. The van der Waals surface area contributed by atoms with E-state index >= 15 is 0 Å². The summed E-state index contributed by atoms with van der Waals surface area (Å²) in [5, 5.41) is 2.81. The number of fused-ring (bicyclic) bond motifs is 1. The third-order valence-electron chi connectivity index (χ3n) is 4.86. The summed E-state index contributed by atoms with van der Waals surface area (Å²) in [7, 11) is 0. The summed E-state index contributed by atoms with van der Waals surface area (Å²) in [6.07, 6.45) is 1.68. The van der Waals surface area contributed by atoms with Crippen molar-refractivity contribution in [2.45, 2.75) is 32.9 Å². The smallest absolute Gasteiger partial charge is 0.325 e. The second-order valence-electron chi connectivity index (χ2n) is 6.82. The minimum atomic E-state index is -1.08. The molecule has 3 heterocycles. The van der Waals surface area contributed by atoms with Crippen LogP contribution in [0.15, 0.2) is 36.5 Å². The highest BCUT2D eigenvalue weighted by atomic mass is 16.2. The highest BCUT2D eigenvalue weighted by Gasteiger charge is 2.49. The van der Waals surface area contributed by atoms with E-state index in [1.807, 2.05) is 44.2 Å². The first-order valence-electron chi connectivity index (χ1n) is 8.40. The molecular weight excluding hydrogens is 330 g/mol. The Balaban J connectivity index is 1.64. The number of nitrogens with zero attached hydrogens (tertiary/aromatic N) is 3. The van der Waals surface area contributed by atoms with E-state index in [4.69, 9.17) is 0 Å². The number of nitrogens with one attached hydrogen (secondary N) is 2. The van der Waals surface area contributed by atoms with Crippen molar-refractivity contribution < 1.29 is 9.59 Å². The second-order valence-corrected chi connectivity index (χ2v) is 6.82. The number of imidazole rings is 1. The molecule has 0 aliphatic carbocycles. The van der Waals surface area contributed by atoms with Gasteiger partial charge in [-0.2, -0.15) is 0 Å². The lowest BCUT2D eigenvalue weighted by atomic mass is 9.91. The van der Waals surface area contributed by atoms with Crippen molar-refractivity contribution in [3.05, 3.63) is 59.0 Å². The van der Waals surface area contributed by atoms with Crippen molar-refractivity contribution in [2.75, 3.05) is 0 Å². The van der Waals surface area contributed by atoms with Crippen molar-refractivity contribution in [3.8, 4) is 0 Å². The number of carbonyl (C=O) groups is 2. The Hall–Kier alpha value is -3.22. The third kappa shape index (κ3) is 2.44. The van der Waals surface area contributed by atoms with Gasteiger partial charge in [0.1, 0.15) is 11.4 Å². The van der Waals surface area contributed by atoms with Gasteiger partial charge in [0.15, 0.2) is 5.65 Å². The summed E-state index contributed by atoms with van der Waals surface area (Å²) in [5.74, 6) is 0.231. The van der Waals surface area contributed by atoms with Gasteiger partial charge in [0, 0.05) is 6.20 Å². The Kier molecular flexibility index (Phi) is 3.54. The normalized spacial score (nSPS) is 20.0. The van der Waals surface area contributed by atoms with E-state index in [1.165, 1.54) is 4.90 Å². The Morgan fingerprint density at radius 2 is 1.85 bits per heavy atom. The van der Waals surface area contributed by atoms with E-state index in [2.05, 4.69) is 20.3 Å². The molecule has 7 heteroatoms. The van der Waals surface area contributed by atoms with Crippen molar-refractivity contribution in [1.82, 2.24) is 25.2 Å². The minimum Gasteiger partial charge on any atom is -0.339 e. The Morgan fingerprint density at radius 3 is 2.54 bits per heavy atom. The monoisotopic (exact) mass is 349 g/mol. The molecule has 132 valence electrons. The first kappa shape index (κ1) is 16.3. The summed E-state index contributed by atoms with van der Waals surface area (Å²) in [6.45, 7) is 5.73. The van der Waals surface area contributed by atoms with E-state index in [0.29, 0.717) is 11.5 Å². The van der Waals surface area contributed by atoms with E-state index in [0.717, 1.165) is 22.2 Å². The Bertz CT molecular complexity index is 1020. The molecule has 7 nitrogen and oxygen atoms in total. The number of hydrogen-bond donors (Lipinski definition) is 2. The number of pyridine rings is 1. The molecule has 0 radical (unpaired) electrons. The highest BCUT2D eigenvalue weighted by molar-refractivity contribution is 6.07. The molecule has 1 saturated heterocycles. The molecule has 3 amide bonds. The first-order valence-corrected chi connectivity index (χ1v) is 8.40. The Morgan fingerprint density at radius 1 is 1.12 bits per heavy atom. The number of aromatic nitrogens is 3. The van der Waals surface area contributed by atoms with Crippen LogP contribution in [0.1, 0.15) is 29.4 Å². The summed E-state index contributed by atoms with van der Waals surface area (Å²) in [4.78, 5) is 38.4. The third-order valence-corrected chi connectivity index (χ3v) is 4.86. The number of aromatic amines is 1. The van der Waals surface area contributed by atoms with Gasteiger partial charge in [-0.25, -0.2) is 14.8 Å². The maximum atomic E-state index is 13.0. The Labute approximate surface area is 150 Å². The zero-order valence-electron chi connectivity index (χ0n) is 14.8. The number of urea groups is 1. The van der Waals surface area contributed by atoms with Crippen LogP contribution in [0, 0.1) is 13.8 Å². The maximum Gasteiger partial charge on any atom is 0.325 e. The first-order chi connectivity index (χ1) is 12.4. The van der Waals surface area contributed by atoms with E-state index in [1.54, 1.807) is 13.1 Å². The topological polar surface area (TPSA) is 91.0 Å². The van der Waals surface area contributed by atoms with E-state index in [9.17, 15) is 9.59 Å². The van der Waals surface area contributed by atoms with Crippen LogP contribution in [0.4, 0.5) is 4.79 Å². The van der Waals surface area contributed by atoms with Crippen LogP contribution in [0.25, 0.3) is 11.2 Å². The maximum absolute atomic E-state index is 13.0. The van der Waals surface area contributed by atoms with Crippen LogP contribution in [0.3, 0.4) is 0 Å². The number of carbonyl (C=O) groups excluding carboxylic acids is 2. The lowest BCUT2D eigenvalue weighted by Crippen LogP contribution is -2.40. The van der Waals surface area contributed by atoms with Gasteiger partial charge in [0.05, 0.1) is 12.1 Å². The number of H-pyrrole nitrogens is 1. The average molecular weight is 349 g/mol. The minimum absolute atomic E-state index is 0.0713. The molecule has 1 aromatic carbocycles. The SMILES string of the molecule is Cc1ccc([C@@]2(C)NC(=O)N(Cc3nc4nccc(C)c4[nH]3)C2=O)cc1. The molecule has 1 aliphatic rings. The fourth-order valence-electron chi connectivity index (χ4n) is 3.23. The zero-order chi connectivity index (χ0) is 18.5. The van der Waals surface area contributed by atoms with Gasteiger partial charge in [0.25, 0.3) is 5.91 Å². The van der Waals surface area contributed by atoms with Crippen LogP contribution in [0.2, 0.25) is 0 Å². The van der Waals surface area contributed by atoms with Crippen molar-refractivity contribution in [2.24, 2.45) is 0 Å². The summed E-state index contributed by atoms with van der Waals surface area (Å²) < 4.78 is 0. The predicted octanol–water partition coefficient (Wildman–Crippen LogP) is 2.54. The lowest BCUT2D eigenvalue weighted by molar-refractivity contribution is -0.131. The van der Waals surface area contributed by atoms with Gasteiger partial charge in [0.2, 0.25) is 0 Å². The number of rotatable bonds is 3. The molecule has 1 aliphatic heterocycles. The quantitative estimate of drug-likeness (QED) is 0.711. The molecule has 26 heavy (non-hydrogen) atoms. The molecule has 4 rings (SSSR count). The van der Waals surface area contributed by atoms with Crippen LogP contribution < -0.4 is 5.32 Å². The fraction of sp³-hybridized carbons (Fsp3) is 0.263. The largest absolute Gasteiger partial charge is 0.339 e.